The van der Waals surface area contributed by atoms with Gasteiger partial charge in [-0.1, -0.05) is 12.8 Å². The van der Waals surface area contributed by atoms with E-state index in [-0.39, 0.29) is 31.0 Å². The quantitative estimate of drug-likeness (QED) is 0.863. The zero-order chi connectivity index (χ0) is 15.5. The van der Waals surface area contributed by atoms with Gasteiger partial charge in [0.2, 0.25) is 5.91 Å². The summed E-state index contributed by atoms with van der Waals surface area (Å²) in [5, 5.41) is 3.96. The Kier molecular flexibility index (Phi) is 5.08. The zero-order valence-corrected chi connectivity index (χ0v) is 11.6. The molecule has 0 atom stereocenters. The molecule has 0 aromatic carbocycles. The molecule has 0 spiro atoms. The van der Waals surface area contributed by atoms with Crippen LogP contribution in [0.25, 0.3) is 0 Å². The van der Waals surface area contributed by atoms with E-state index in [1.54, 1.807) is 0 Å². The summed E-state index contributed by atoms with van der Waals surface area (Å²) >= 11 is 0. The smallest absolute Gasteiger partial charge is 0.361 e. The Balaban J connectivity index is 1.72. The van der Waals surface area contributed by atoms with Crippen molar-refractivity contribution in [3.63, 3.8) is 0 Å². The lowest BCUT2D eigenvalue weighted by molar-refractivity contribution is -0.242. The first kappa shape index (κ1) is 16.1. The molecule has 0 aromatic rings. The monoisotopic (exact) mass is 308 g/mol. The van der Waals surface area contributed by atoms with Crippen molar-refractivity contribution in [3.8, 4) is 0 Å². The Morgan fingerprint density at radius 2 is 1.62 bits per heavy atom. The van der Waals surface area contributed by atoms with Crippen molar-refractivity contribution in [2.45, 2.75) is 50.7 Å². The van der Waals surface area contributed by atoms with E-state index in [1.807, 2.05) is 0 Å². The Bertz CT molecular complexity index is 387. The third-order valence-electron chi connectivity index (χ3n) is 3.97. The normalized spacial score (nSPS) is 22.2. The fourth-order valence-electron chi connectivity index (χ4n) is 2.77. The van der Waals surface area contributed by atoms with Crippen molar-refractivity contribution in [3.05, 3.63) is 0 Å². The molecule has 1 saturated heterocycles. The van der Waals surface area contributed by atoms with Crippen LogP contribution in [0.4, 0.5) is 13.2 Å². The van der Waals surface area contributed by atoms with E-state index in [1.165, 1.54) is 0 Å². The fraction of sp³-hybridized carbons (Fsp3) is 0.846. The number of nitrogens with one attached hydrogen (secondary N) is 1. The molecule has 2 fully saturated rings. The zero-order valence-electron chi connectivity index (χ0n) is 11.6. The fourth-order valence-corrected chi connectivity index (χ4v) is 2.77. The molecular weight excluding hydrogens is 289 g/mol. The molecule has 0 unspecified atom stereocenters. The number of piperidine rings is 1. The summed E-state index contributed by atoms with van der Waals surface area (Å²) in [5.41, 5.74) is 0. The van der Waals surface area contributed by atoms with Gasteiger partial charge in [-0.05, 0) is 25.7 Å². The van der Waals surface area contributed by atoms with Gasteiger partial charge in [0.25, 0.3) is 0 Å². The van der Waals surface area contributed by atoms with E-state index in [9.17, 15) is 22.8 Å². The van der Waals surface area contributed by atoms with Gasteiger partial charge in [0, 0.05) is 25.0 Å². The molecule has 0 radical (unpaired) electrons. The van der Waals surface area contributed by atoms with Gasteiger partial charge < -0.3 is 10.2 Å². The molecule has 5 nitrogen and oxygen atoms in total. The number of alkyl halides is 3. The van der Waals surface area contributed by atoms with E-state index < -0.39 is 12.1 Å². The highest BCUT2D eigenvalue weighted by atomic mass is 19.4. The van der Waals surface area contributed by atoms with Crippen LogP contribution in [0.2, 0.25) is 0 Å². The number of hydrogen-bond acceptors (Lipinski definition) is 4. The second-order valence-corrected chi connectivity index (χ2v) is 5.57. The van der Waals surface area contributed by atoms with Crippen LogP contribution in [0.5, 0.6) is 0 Å². The van der Waals surface area contributed by atoms with Gasteiger partial charge in [-0.2, -0.15) is 13.2 Å². The predicted molar refractivity (Wildman–Crippen MR) is 66.8 cm³/mol. The Hall–Kier alpha value is -1.31. The van der Waals surface area contributed by atoms with Gasteiger partial charge in [0.05, 0.1) is 0 Å². The Labute approximate surface area is 120 Å². The Morgan fingerprint density at radius 3 is 2.14 bits per heavy atom. The van der Waals surface area contributed by atoms with Gasteiger partial charge in [-0.3, -0.25) is 4.79 Å². The summed E-state index contributed by atoms with van der Waals surface area (Å²) in [4.78, 5) is 27.0. The SMILES string of the molecule is O=C(NC1CCCC1)C1CCN(OC(=O)C(F)(F)F)CC1. The number of carbonyl (C=O) groups is 2. The van der Waals surface area contributed by atoms with E-state index in [0.717, 1.165) is 30.7 Å². The number of rotatable bonds is 3. The van der Waals surface area contributed by atoms with Crippen molar-refractivity contribution < 1.29 is 27.6 Å². The maximum Gasteiger partial charge on any atom is 0.492 e. The number of nitrogens with zero attached hydrogens (tertiary/aromatic N) is 1. The minimum Gasteiger partial charge on any atom is -0.361 e. The maximum absolute atomic E-state index is 12.1. The van der Waals surface area contributed by atoms with Crippen molar-refractivity contribution in [2.24, 2.45) is 5.92 Å². The van der Waals surface area contributed by atoms with Crippen molar-refractivity contribution in [1.82, 2.24) is 10.4 Å². The lowest BCUT2D eigenvalue weighted by Gasteiger charge is -2.30. The number of amides is 1. The van der Waals surface area contributed by atoms with E-state index in [4.69, 9.17) is 0 Å². The van der Waals surface area contributed by atoms with Gasteiger partial charge in [-0.15, -0.1) is 5.06 Å². The van der Waals surface area contributed by atoms with Crippen LogP contribution in [0.3, 0.4) is 0 Å². The first-order valence-electron chi connectivity index (χ1n) is 7.20. The summed E-state index contributed by atoms with van der Waals surface area (Å²) in [6.45, 7) is 0.287. The molecule has 8 heteroatoms. The second kappa shape index (κ2) is 6.64. The molecule has 1 heterocycles. The minimum atomic E-state index is -4.99. The van der Waals surface area contributed by atoms with Gasteiger partial charge in [0.15, 0.2) is 0 Å². The minimum absolute atomic E-state index is 0.0382. The molecule has 120 valence electrons. The van der Waals surface area contributed by atoms with Crippen LogP contribution in [0, 0.1) is 5.92 Å². The molecular formula is C13H19F3N2O3. The van der Waals surface area contributed by atoms with E-state index >= 15 is 0 Å². The summed E-state index contributed by atoms with van der Waals surface area (Å²) < 4.78 is 36.2. The van der Waals surface area contributed by atoms with Crippen LogP contribution in [0.1, 0.15) is 38.5 Å². The molecule has 21 heavy (non-hydrogen) atoms. The van der Waals surface area contributed by atoms with Gasteiger partial charge in [0.1, 0.15) is 0 Å². The maximum atomic E-state index is 12.1. The third-order valence-corrected chi connectivity index (χ3v) is 3.97. The molecule has 1 amide bonds. The highest BCUT2D eigenvalue weighted by Crippen LogP contribution is 2.23. The van der Waals surface area contributed by atoms with Gasteiger partial charge >= 0.3 is 12.1 Å². The van der Waals surface area contributed by atoms with Crippen LogP contribution >= 0.6 is 0 Å². The number of hydrogen-bond donors (Lipinski definition) is 1. The molecule has 0 bridgehead atoms. The van der Waals surface area contributed by atoms with E-state index in [0.29, 0.717) is 12.8 Å². The number of hydroxylamine groups is 2. The largest absolute Gasteiger partial charge is 0.492 e. The average molecular weight is 308 g/mol. The lowest BCUT2D eigenvalue weighted by Crippen LogP contribution is -2.44. The summed E-state index contributed by atoms with van der Waals surface area (Å²) in [7, 11) is 0. The first-order chi connectivity index (χ1) is 9.86. The highest BCUT2D eigenvalue weighted by molar-refractivity contribution is 5.79. The average Bonchev–Trinajstić information content (AvgIpc) is 2.91. The predicted octanol–water partition coefficient (Wildman–Crippen LogP) is 1.78. The lowest BCUT2D eigenvalue weighted by atomic mass is 9.96. The molecule has 1 N–H and O–H groups in total. The van der Waals surface area contributed by atoms with Crippen LogP contribution < -0.4 is 5.32 Å². The molecule has 1 saturated carbocycles. The topological polar surface area (TPSA) is 58.6 Å². The van der Waals surface area contributed by atoms with Crippen LogP contribution in [-0.4, -0.2) is 42.2 Å². The summed E-state index contributed by atoms with van der Waals surface area (Å²) in [6, 6.07) is 0.235. The highest BCUT2D eigenvalue weighted by Gasteiger charge is 2.43. The first-order valence-corrected chi connectivity index (χ1v) is 7.20. The standard InChI is InChI=1S/C13H19F3N2O3/c14-13(15,16)12(20)21-18-7-5-9(6-8-18)11(19)17-10-3-1-2-4-10/h9-10H,1-8H2,(H,17,19). The van der Waals surface area contributed by atoms with E-state index in [2.05, 4.69) is 10.2 Å². The van der Waals surface area contributed by atoms with Crippen molar-refractivity contribution >= 4 is 11.9 Å². The van der Waals surface area contributed by atoms with Crippen LogP contribution in [0.15, 0.2) is 0 Å². The molecule has 1 aliphatic heterocycles. The second-order valence-electron chi connectivity index (χ2n) is 5.57. The number of halogens is 3. The van der Waals surface area contributed by atoms with Crippen LogP contribution in [-0.2, 0) is 14.4 Å². The number of carbonyl (C=O) groups excluding carboxylic acids is 2. The summed E-state index contributed by atoms with van der Waals surface area (Å²) in [6.07, 6.45) is 0.0270. The molecule has 0 aromatic heterocycles. The molecule has 2 rings (SSSR count). The van der Waals surface area contributed by atoms with Crippen molar-refractivity contribution in [1.29, 1.82) is 0 Å². The molecule has 1 aliphatic carbocycles. The van der Waals surface area contributed by atoms with Gasteiger partial charge in [-0.25, -0.2) is 4.79 Å². The summed E-state index contributed by atoms with van der Waals surface area (Å²) in [5.74, 6) is -2.47. The third kappa shape index (κ3) is 4.59. The molecule has 2 aliphatic rings. The Morgan fingerprint density at radius 1 is 1.05 bits per heavy atom. The van der Waals surface area contributed by atoms with Crippen molar-refractivity contribution in [2.75, 3.05) is 13.1 Å².